The standard InChI is InChI=1S/C20H31NO8S/c1-12(2)18(22)27-15-8-14(9-16(10-15)28-19(23)13(3)4)17(29-30(24,25)26)11-21-20(5,6)7/h8-10,12-13,17,21H,11H2,1-7H3,(H,24,25,26). The van der Waals surface area contributed by atoms with Gasteiger partial charge in [0.25, 0.3) is 0 Å². The minimum atomic E-state index is -4.79. The van der Waals surface area contributed by atoms with E-state index in [1.807, 2.05) is 20.8 Å². The molecule has 9 nitrogen and oxygen atoms in total. The first-order valence-electron chi connectivity index (χ1n) is 9.56. The second-order valence-electron chi connectivity index (χ2n) is 8.53. The highest BCUT2D eigenvalue weighted by molar-refractivity contribution is 7.80. The number of ether oxygens (including phenoxy) is 2. The third-order valence-electron chi connectivity index (χ3n) is 3.71. The van der Waals surface area contributed by atoms with E-state index in [4.69, 9.17) is 13.7 Å². The Morgan fingerprint density at radius 2 is 1.40 bits per heavy atom. The second kappa shape index (κ2) is 10.3. The number of carbonyl (C=O) groups excluding carboxylic acids is 2. The van der Waals surface area contributed by atoms with Crippen LogP contribution in [0.2, 0.25) is 0 Å². The van der Waals surface area contributed by atoms with Crippen molar-refractivity contribution >= 4 is 22.3 Å². The molecule has 1 atom stereocenters. The first-order chi connectivity index (χ1) is 13.6. The quantitative estimate of drug-likeness (QED) is 0.335. The van der Waals surface area contributed by atoms with E-state index >= 15 is 0 Å². The largest absolute Gasteiger partial charge is 0.426 e. The van der Waals surface area contributed by atoms with E-state index in [9.17, 15) is 22.6 Å². The Morgan fingerprint density at radius 1 is 0.967 bits per heavy atom. The fourth-order valence-electron chi connectivity index (χ4n) is 2.12. The van der Waals surface area contributed by atoms with Gasteiger partial charge in [0.05, 0.1) is 11.8 Å². The number of nitrogens with one attached hydrogen (secondary N) is 1. The van der Waals surface area contributed by atoms with E-state index in [0.717, 1.165) is 0 Å². The molecular weight excluding hydrogens is 414 g/mol. The van der Waals surface area contributed by atoms with Crippen molar-refractivity contribution in [2.45, 2.75) is 60.1 Å². The number of carbonyl (C=O) groups is 2. The molecule has 0 fully saturated rings. The molecule has 1 unspecified atom stereocenters. The molecule has 0 saturated carbocycles. The molecule has 0 bridgehead atoms. The molecule has 30 heavy (non-hydrogen) atoms. The summed E-state index contributed by atoms with van der Waals surface area (Å²) in [6.45, 7) is 12.2. The maximum atomic E-state index is 12.0. The van der Waals surface area contributed by atoms with Gasteiger partial charge in [0.2, 0.25) is 0 Å². The van der Waals surface area contributed by atoms with Crippen LogP contribution in [0.25, 0.3) is 0 Å². The predicted octanol–water partition coefficient (Wildman–Crippen LogP) is 3.06. The molecule has 0 aliphatic rings. The van der Waals surface area contributed by atoms with Crippen molar-refractivity contribution in [1.29, 1.82) is 0 Å². The van der Waals surface area contributed by atoms with E-state index in [-0.39, 0.29) is 29.1 Å². The van der Waals surface area contributed by atoms with Crippen molar-refractivity contribution < 1.29 is 36.2 Å². The summed E-state index contributed by atoms with van der Waals surface area (Å²) >= 11 is 0. The van der Waals surface area contributed by atoms with Crippen LogP contribution in [0.5, 0.6) is 11.5 Å². The molecule has 2 N–H and O–H groups in total. The molecule has 1 aromatic carbocycles. The lowest BCUT2D eigenvalue weighted by molar-refractivity contribution is -0.138. The maximum absolute atomic E-state index is 12.0. The highest BCUT2D eigenvalue weighted by atomic mass is 32.3. The summed E-state index contributed by atoms with van der Waals surface area (Å²) in [7, 11) is -4.79. The van der Waals surface area contributed by atoms with Crippen LogP contribution in [0.15, 0.2) is 18.2 Å². The van der Waals surface area contributed by atoms with Crippen LogP contribution in [0, 0.1) is 11.8 Å². The Balaban J connectivity index is 3.39. The Bertz CT molecular complexity index is 816. The van der Waals surface area contributed by atoms with Gasteiger partial charge in [-0.2, -0.15) is 8.42 Å². The van der Waals surface area contributed by atoms with Crippen LogP contribution in [0.3, 0.4) is 0 Å². The van der Waals surface area contributed by atoms with E-state index in [0.29, 0.717) is 0 Å². The third-order valence-corrected chi connectivity index (χ3v) is 4.18. The van der Waals surface area contributed by atoms with Crippen molar-refractivity contribution in [2.24, 2.45) is 11.8 Å². The summed E-state index contributed by atoms with van der Waals surface area (Å²) in [6.07, 6.45) is -1.17. The minimum Gasteiger partial charge on any atom is -0.426 e. The molecule has 0 radical (unpaired) electrons. The van der Waals surface area contributed by atoms with Crippen molar-refractivity contribution in [3.8, 4) is 11.5 Å². The topological polar surface area (TPSA) is 128 Å². The maximum Gasteiger partial charge on any atom is 0.397 e. The normalized spacial score (nSPS) is 13.4. The number of esters is 2. The smallest absolute Gasteiger partial charge is 0.397 e. The highest BCUT2D eigenvalue weighted by Crippen LogP contribution is 2.30. The van der Waals surface area contributed by atoms with Gasteiger partial charge in [0.15, 0.2) is 0 Å². The molecule has 1 rings (SSSR count). The van der Waals surface area contributed by atoms with Gasteiger partial charge in [-0.05, 0) is 38.5 Å². The molecule has 0 aromatic heterocycles. The molecule has 0 aliphatic carbocycles. The summed E-state index contributed by atoms with van der Waals surface area (Å²) < 4.78 is 47.4. The number of hydrogen-bond donors (Lipinski definition) is 2. The van der Waals surface area contributed by atoms with Crippen LogP contribution >= 0.6 is 0 Å². The van der Waals surface area contributed by atoms with Gasteiger partial charge in [-0.1, -0.05) is 27.7 Å². The minimum absolute atomic E-state index is 0.00242. The summed E-state index contributed by atoms with van der Waals surface area (Å²) in [4.78, 5) is 24.0. The van der Waals surface area contributed by atoms with E-state index < -0.39 is 40.3 Å². The first-order valence-corrected chi connectivity index (χ1v) is 10.9. The number of hydrogen-bond acceptors (Lipinski definition) is 8. The molecule has 0 aliphatic heterocycles. The molecular formula is C20H31NO8S. The summed E-state index contributed by atoms with van der Waals surface area (Å²) in [5.41, 5.74) is -0.153. The fraction of sp³-hybridized carbons (Fsp3) is 0.600. The Labute approximate surface area is 178 Å². The van der Waals surface area contributed by atoms with Crippen molar-refractivity contribution in [3.05, 3.63) is 23.8 Å². The van der Waals surface area contributed by atoms with Gasteiger partial charge >= 0.3 is 22.3 Å². The van der Waals surface area contributed by atoms with Gasteiger partial charge < -0.3 is 14.8 Å². The molecule has 0 spiro atoms. The highest BCUT2D eigenvalue weighted by Gasteiger charge is 2.24. The van der Waals surface area contributed by atoms with Gasteiger partial charge in [-0.25, -0.2) is 4.18 Å². The van der Waals surface area contributed by atoms with Crippen molar-refractivity contribution in [3.63, 3.8) is 0 Å². The second-order valence-corrected chi connectivity index (χ2v) is 9.58. The predicted molar refractivity (Wildman–Crippen MR) is 111 cm³/mol. The zero-order valence-corrected chi connectivity index (χ0v) is 19.2. The Morgan fingerprint density at radius 3 is 1.73 bits per heavy atom. The zero-order chi connectivity index (χ0) is 23.3. The Kier molecular flexibility index (Phi) is 8.97. The average Bonchev–Trinajstić information content (AvgIpc) is 2.56. The molecule has 0 heterocycles. The van der Waals surface area contributed by atoms with Crippen LogP contribution in [0.1, 0.15) is 60.1 Å². The number of benzene rings is 1. The van der Waals surface area contributed by atoms with Gasteiger partial charge in [-0.3, -0.25) is 14.1 Å². The monoisotopic (exact) mass is 445 g/mol. The Hall–Kier alpha value is -2.01. The van der Waals surface area contributed by atoms with E-state index in [1.165, 1.54) is 18.2 Å². The lowest BCUT2D eigenvalue weighted by Crippen LogP contribution is -2.39. The summed E-state index contributed by atoms with van der Waals surface area (Å²) in [5.74, 6) is -1.76. The van der Waals surface area contributed by atoms with Crippen molar-refractivity contribution in [2.75, 3.05) is 6.54 Å². The van der Waals surface area contributed by atoms with Crippen LogP contribution in [0.4, 0.5) is 0 Å². The van der Waals surface area contributed by atoms with Crippen LogP contribution < -0.4 is 14.8 Å². The van der Waals surface area contributed by atoms with Gasteiger partial charge in [0.1, 0.15) is 17.6 Å². The lowest BCUT2D eigenvalue weighted by atomic mass is 10.1. The SMILES string of the molecule is CC(C)C(=O)Oc1cc(OC(=O)C(C)C)cc(C(CNC(C)(C)C)OS(=O)(=O)O)c1. The average molecular weight is 446 g/mol. The molecule has 1 aromatic rings. The first kappa shape index (κ1) is 26.0. The molecule has 10 heteroatoms. The number of rotatable bonds is 9. The van der Waals surface area contributed by atoms with Gasteiger partial charge in [0, 0.05) is 18.2 Å². The zero-order valence-electron chi connectivity index (χ0n) is 18.4. The third kappa shape index (κ3) is 9.66. The summed E-state index contributed by atoms with van der Waals surface area (Å²) in [5, 5.41) is 3.08. The molecule has 170 valence electrons. The van der Waals surface area contributed by atoms with Crippen LogP contribution in [-0.4, -0.2) is 37.0 Å². The van der Waals surface area contributed by atoms with E-state index in [1.54, 1.807) is 27.7 Å². The molecule has 0 amide bonds. The fourth-order valence-corrected chi connectivity index (χ4v) is 2.59. The lowest BCUT2D eigenvalue weighted by Gasteiger charge is -2.25. The van der Waals surface area contributed by atoms with E-state index in [2.05, 4.69) is 5.32 Å². The van der Waals surface area contributed by atoms with Gasteiger partial charge in [-0.15, -0.1) is 0 Å². The van der Waals surface area contributed by atoms with Crippen molar-refractivity contribution in [1.82, 2.24) is 5.32 Å². The van der Waals surface area contributed by atoms with Crippen LogP contribution in [-0.2, 0) is 24.2 Å². The molecule has 0 saturated heterocycles. The summed E-state index contributed by atoms with van der Waals surface area (Å²) in [6, 6.07) is 4.14.